The maximum atomic E-state index is 13.0. The molecular weight excluding hydrogens is 418 g/mol. The first-order valence-electron chi connectivity index (χ1n) is 10.9. The minimum atomic E-state index is -1.09. The zero-order valence-electron chi connectivity index (χ0n) is 19.0. The van der Waals surface area contributed by atoms with Crippen LogP contribution in [0.25, 0.3) is 0 Å². The van der Waals surface area contributed by atoms with E-state index >= 15 is 0 Å². The van der Waals surface area contributed by atoms with E-state index in [2.05, 4.69) is 15.8 Å². The van der Waals surface area contributed by atoms with E-state index < -0.39 is 23.4 Å². The Bertz CT molecular complexity index is 1200. The number of carbonyl (C=O) groups is 3. The molecule has 1 aliphatic heterocycles. The monoisotopic (exact) mass is 445 g/mol. The Labute approximate surface area is 192 Å². The molecule has 0 aliphatic carbocycles. The van der Waals surface area contributed by atoms with Gasteiger partial charge in [0.05, 0.1) is 12.2 Å². The van der Waals surface area contributed by atoms with Crippen LogP contribution in [-0.2, 0) is 17.8 Å². The Morgan fingerprint density at radius 3 is 2.45 bits per heavy atom. The number of nitrogens with zero attached hydrogens (tertiary/aromatic N) is 3. The fourth-order valence-corrected chi connectivity index (χ4v) is 3.98. The highest BCUT2D eigenvalue weighted by molar-refractivity contribution is 6.09. The Kier molecular flexibility index (Phi) is 6.00. The SMILES string of the molecule is Cc1cc(C)n(Cc2cccc(C(=O)NN3C(=O)NC(C)(CCc4ccccc4)C3=O)c2)n1. The lowest BCUT2D eigenvalue weighted by molar-refractivity contribution is -0.132. The number of carbonyl (C=O) groups excluding carboxylic acids is 3. The highest BCUT2D eigenvalue weighted by Crippen LogP contribution is 2.22. The summed E-state index contributed by atoms with van der Waals surface area (Å²) in [5.74, 6) is -1.00. The van der Waals surface area contributed by atoms with E-state index in [4.69, 9.17) is 0 Å². The van der Waals surface area contributed by atoms with E-state index in [0.717, 1.165) is 27.5 Å². The van der Waals surface area contributed by atoms with Crippen molar-refractivity contribution < 1.29 is 14.4 Å². The minimum Gasteiger partial charge on any atom is -0.322 e. The van der Waals surface area contributed by atoms with Crippen molar-refractivity contribution in [3.63, 3.8) is 0 Å². The molecule has 8 heteroatoms. The summed E-state index contributed by atoms with van der Waals surface area (Å²) in [6.07, 6.45) is 1.05. The van der Waals surface area contributed by atoms with Crippen LogP contribution in [0, 0.1) is 13.8 Å². The van der Waals surface area contributed by atoms with E-state index in [1.54, 1.807) is 25.1 Å². The van der Waals surface area contributed by atoms with Crippen molar-refractivity contribution in [1.82, 2.24) is 25.5 Å². The molecular formula is C25H27N5O3. The number of hydrazine groups is 1. The lowest BCUT2D eigenvalue weighted by Crippen LogP contribution is -2.49. The Morgan fingerprint density at radius 2 is 1.76 bits per heavy atom. The molecule has 33 heavy (non-hydrogen) atoms. The molecule has 8 nitrogen and oxygen atoms in total. The van der Waals surface area contributed by atoms with Crippen molar-refractivity contribution in [2.45, 2.75) is 45.7 Å². The van der Waals surface area contributed by atoms with Gasteiger partial charge in [0.15, 0.2) is 0 Å². The first-order chi connectivity index (χ1) is 15.7. The number of rotatable bonds is 7. The first kappa shape index (κ1) is 22.3. The highest BCUT2D eigenvalue weighted by Gasteiger charge is 2.48. The number of aryl methyl sites for hydroxylation is 3. The molecule has 4 amide bonds. The Morgan fingerprint density at radius 1 is 1.03 bits per heavy atom. The summed E-state index contributed by atoms with van der Waals surface area (Å²) < 4.78 is 1.86. The molecule has 1 saturated heterocycles. The Hall–Kier alpha value is -3.94. The number of benzene rings is 2. The second-order valence-electron chi connectivity index (χ2n) is 8.61. The molecule has 2 aromatic carbocycles. The largest absolute Gasteiger partial charge is 0.344 e. The molecule has 0 saturated carbocycles. The number of aromatic nitrogens is 2. The number of imide groups is 1. The first-order valence-corrected chi connectivity index (χ1v) is 10.9. The van der Waals surface area contributed by atoms with Crippen LogP contribution in [0.1, 0.15) is 46.2 Å². The summed E-state index contributed by atoms with van der Waals surface area (Å²) in [6, 6.07) is 18.2. The zero-order valence-corrected chi connectivity index (χ0v) is 19.0. The van der Waals surface area contributed by atoms with Gasteiger partial charge in [0.1, 0.15) is 5.54 Å². The molecule has 4 rings (SSSR count). The summed E-state index contributed by atoms with van der Waals surface area (Å²) in [6.45, 7) is 6.10. The number of hydrogen-bond donors (Lipinski definition) is 2. The summed E-state index contributed by atoms with van der Waals surface area (Å²) in [4.78, 5) is 38.3. The fourth-order valence-electron chi connectivity index (χ4n) is 3.98. The molecule has 1 aromatic heterocycles. The van der Waals surface area contributed by atoms with Crippen LogP contribution in [0.5, 0.6) is 0 Å². The Balaban J connectivity index is 1.43. The predicted molar refractivity (Wildman–Crippen MR) is 123 cm³/mol. The van der Waals surface area contributed by atoms with Gasteiger partial charge >= 0.3 is 6.03 Å². The molecule has 1 aliphatic rings. The second kappa shape index (κ2) is 8.90. The predicted octanol–water partition coefficient (Wildman–Crippen LogP) is 3.14. The number of hydrogen-bond acceptors (Lipinski definition) is 4. The van der Waals surface area contributed by atoms with Crippen LogP contribution in [0.2, 0.25) is 0 Å². The summed E-state index contributed by atoms with van der Waals surface area (Å²) in [5, 5.41) is 7.95. The van der Waals surface area contributed by atoms with Crippen molar-refractivity contribution in [1.29, 1.82) is 0 Å². The highest BCUT2D eigenvalue weighted by atomic mass is 16.2. The number of nitrogens with one attached hydrogen (secondary N) is 2. The zero-order chi connectivity index (χ0) is 23.6. The lowest BCUT2D eigenvalue weighted by Gasteiger charge is -2.21. The van der Waals surface area contributed by atoms with Crippen LogP contribution in [0.4, 0.5) is 4.79 Å². The average molecular weight is 446 g/mol. The van der Waals surface area contributed by atoms with Crippen molar-refractivity contribution in [2.24, 2.45) is 0 Å². The van der Waals surface area contributed by atoms with Crippen LogP contribution >= 0.6 is 0 Å². The van der Waals surface area contributed by atoms with Gasteiger partial charge in [0, 0.05) is 11.3 Å². The van der Waals surface area contributed by atoms with E-state index in [1.807, 2.05) is 61.0 Å². The topological polar surface area (TPSA) is 96.3 Å². The standard InChI is InChI=1S/C25H27N5O3/c1-17-14-18(2)29(27-17)16-20-10-7-11-21(15-20)22(31)28-30-23(32)25(3,26-24(30)33)13-12-19-8-5-4-6-9-19/h4-11,14-15H,12-13,16H2,1-3H3,(H,26,33)(H,28,31). The van der Waals surface area contributed by atoms with E-state index in [9.17, 15) is 14.4 Å². The minimum absolute atomic E-state index is 0.354. The van der Waals surface area contributed by atoms with Crippen LogP contribution in [0.15, 0.2) is 60.7 Å². The molecule has 1 atom stereocenters. The molecule has 0 bridgehead atoms. The molecule has 3 aromatic rings. The maximum absolute atomic E-state index is 13.0. The fraction of sp³-hybridized carbons (Fsp3) is 0.280. The molecule has 2 N–H and O–H groups in total. The third-order valence-electron chi connectivity index (χ3n) is 5.86. The third-order valence-corrected chi connectivity index (χ3v) is 5.86. The molecule has 0 radical (unpaired) electrons. The van der Waals surface area contributed by atoms with Gasteiger partial charge in [0.25, 0.3) is 11.8 Å². The molecule has 1 fully saturated rings. The van der Waals surface area contributed by atoms with Crippen molar-refractivity contribution in [2.75, 3.05) is 0 Å². The van der Waals surface area contributed by atoms with Gasteiger partial charge in [0.2, 0.25) is 0 Å². The van der Waals surface area contributed by atoms with Gasteiger partial charge in [-0.25, -0.2) is 4.79 Å². The number of urea groups is 1. The quantitative estimate of drug-likeness (QED) is 0.546. The molecule has 1 unspecified atom stereocenters. The average Bonchev–Trinajstić information content (AvgIpc) is 3.22. The summed E-state index contributed by atoms with van der Waals surface area (Å²) in [7, 11) is 0. The number of amides is 4. The van der Waals surface area contributed by atoms with Gasteiger partial charge in [-0.2, -0.15) is 10.1 Å². The summed E-state index contributed by atoms with van der Waals surface area (Å²) >= 11 is 0. The van der Waals surface area contributed by atoms with E-state index in [-0.39, 0.29) is 0 Å². The third kappa shape index (κ3) is 4.79. The van der Waals surface area contributed by atoms with Gasteiger partial charge in [-0.15, -0.1) is 0 Å². The van der Waals surface area contributed by atoms with Crippen LogP contribution in [0.3, 0.4) is 0 Å². The maximum Gasteiger partial charge on any atom is 0.344 e. The molecule has 2 heterocycles. The van der Waals surface area contributed by atoms with Gasteiger partial charge in [-0.1, -0.05) is 42.5 Å². The van der Waals surface area contributed by atoms with E-state index in [1.165, 1.54) is 0 Å². The van der Waals surface area contributed by atoms with E-state index in [0.29, 0.717) is 24.9 Å². The van der Waals surface area contributed by atoms with Crippen molar-refractivity contribution in [3.05, 3.63) is 88.7 Å². The van der Waals surface area contributed by atoms with Gasteiger partial charge in [-0.05, 0) is 62.9 Å². The molecule has 0 spiro atoms. The van der Waals surface area contributed by atoms with Crippen molar-refractivity contribution >= 4 is 17.8 Å². The normalized spacial score (nSPS) is 17.8. The van der Waals surface area contributed by atoms with Gasteiger partial charge < -0.3 is 5.32 Å². The van der Waals surface area contributed by atoms with Crippen LogP contribution in [-0.4, -0.2) is 38.2 Å². The van der Waals surface area contributed by atoms with Crippen molar-refractivity contribution in [3.8, 4) is 0 Å². The van der Waals surface area contributed by atoms with Gasteiger partial charge in [-0.3, -0.25) is 19.7 Å². The summed E-state index contributed by atoms with van der Waals surface area (Å²) in [5.41, 5.74) is 5.64. The van der Waals surface area contributed by atoms with Crippen LogP contribution < -0.4 is 10.7 Å². The smallest absolute Gasteiger partial charge is 0.322 e. The second-order valence-corrected chi connectivity index (χ2v) is 8.61. The molecule has 170 valence electrons. The lowest BCUT2D eigenvalue weighted by atomic mass is 9.93.